The number of nitrogens with zero attached hydrogens (tertiary/aromatic N) is 1. The first-order valence-electron chi connectivity index (χ1n) is 2.11. The highest BCUT2D eigenvalue weighted by Gasteiger charge is 1.95. The average molecular weight is 99.9 g/mol. The van der Waals surface area contributed by atoms with Gasteiger partial charge in [-0.05, 0) is 13.7 Å². The van der Waals surface area contributed by atoms with Gasteiger partial charge in [0.15, 0.2) is 0 Å². The van der Waals surface area contributed by atoms with Gasteiger partial charge >= 0.3 is 7.05 Å². The minimum absolute atomic E-state index is 0.412. The molecule has 3 N–H and O–H groups in total. The third-order valence-electron chi connectivity index (χ3n) is 0.390. The lowest BCUT2D eigenvalue weighted by atomic mass is 9.91. The number of hydrogen-bond acceptors (Lipinski definition) is 2. The lowest BCUT2D eigenvalue weighted by Gasteiger charge is -1.88. The Balaban J connectivity index is 3.45. The van der Waals surface area contributed by atoms with Crippen molar-refractivity contribution >= 4 is 12.9 Å². The van der Waals surface area contributed by atoms with E-state index in [0.29, 0.717) is 5.84 Å². The minimum Gasteiger partial charge on any atom is -0.431 e. The first kappa shape index (κ1) is 6.49. The molecule has 0 saturated carbocycles. The van der Waals surface area contributed by atoms with E-state index in [-0.39, 0.29) is 0 Å². The summed E-state index contributed by atoms with van der Waals surface area (Å²) >= 11 is 0. The highest BCUT2D eigenvalue weighted by atomic mass is 16.2. The normalized spacial score (nSPS) is 11.6. The van der Waals surface area contributed by atoms with Crippen LogP contribution in [0.3, 0.4) is 0 Å². The molecule has 0 aliphatic carbocycles. The molecule has 0 spiro atoms. The topological polar surface area (TPSA) is 58.6 Å². The molecule has 0 radical (unpaired) electrons. The second kappa shape index (κ2) is 2.63. The monoisotopic (exact) mass is 100 g/mol. The van der Waals surface area contributed by atoms with Crippen molar-refractivity contribution in [3.05, 3.63) is 0 Å². The van der Waals surface area contributed by atoms with E-state index in [9.17, 15) is 0 Å². The third-order valence-corrected chi connectivity index (χ3v) is 0.390. The zero-order chi connectivity index (χ0) is 5.86. The predicted octanol–water partition coefficient (Wildman–Crippen LogP) is -0.526. The first-order chi connectivity index (χ1) is 3.13. The molecular formula is C3H9BN2O. The molecule has 0 fully saturated rings. The molecule has 0 amide bonds. The van der Waals surface area contributed by atoms with Crippen LogP contribution in [0, 0.1) is 0 Å². The van der Waals surface area contributed by atoms with E-state index in [4.69, 9.17) is 10.8 Å². The number of nitrogens with two attached hydrogens (primary N) is 1. The molecule has 0 rings (SSSR count). The smallest absolute Gasteiger partial charge is 0.429 e. The van der Waals surface area contributed by atoms with Crippen molar-refractivity contribution in [2.75, 3.05) is 0 Å². The molecule has 0 aliphatic heterocycles. The molecule has 0 saturated heterocycles. The summed E-state index contributed by atoms with van der Waals surface area (Å²) in [4.78, 5) is 3.53. The fourth-order valence-electron chi connectivity index (χ4n) is 0.295. The lowest BCUT2D eigenvalue weighted by Crippen LogP contribution is -2.12. The maximum absolute atomic E-state index is 8.46. The lowest BCUT2D eigenvalue weighted by molar-refractivity contribution is 0.581. The summed E-state index contributed by atoms with van der Waals surface area (Å²) in [5.41, 5.74) is 5.08. The Morgan fingerprint density at radius 2 is 2.29 bits per heavy atom. The van der Waals surface area contributed by atoms with Gasteiger partial charge in [-0.1, -0.05) is 0 Å². The molecule has 0 aliphatic rings. The standard InChI is InChI=1S/C3H9BN2O/c1-3(5)6-4(2)7/h7H,1-2H3,(H2,5,6). The van der Waals surface area contributed by atoms with E-state index >= 15 is 0 Å². The van der Waals surface area contributed by atoms with Gasteiger partial charge in [0.1, 0.15) is 0 Å². The molecule has 0 aromatic heterocycles. The van der Waals surface area contributed by atoms with Gasteiger partial charge in [-0.2, -0.15) is 0 Å². The number of hydrogen-bond donors (Lipinski definition) is 2. The minimum atomic E-state index is -0.662. The van der Waals surface area contributed by atoms with Gasteiger partial charge < -0.3 is 10.8 Å². The van der Waals surface area contributed by atoms with Crippen LogP contribution in [0.5, 0.6) is 0 Å². The van der Waals surface area contributed by atoms with Crippen LogP contribution in [0.1, 0.15) is 6.92 Å². The zero-order valence-corrected chi connectivity index (χ0v) is 4.55. The molecule has 7 heavy (non-hydrogen) atoms. The molecule has 0 aromatic rings. The van der Waals surface area contributed by atoms with E-state index in [1.54, 1.807) is 13.7 Å². The van der Waals surface area contributed by atoms with Gasteiger partial charge in [0.05, 0.1) is 5.84 Å². The number of rotatable bonds is 1. The van der Waals surface area contributed by atoms with Crippen molar-refractivity contribution in [2.45, 2.75) is 13.7 Å². The number of amidine groups is 1. The van der Waals surface area contributed by atoms with E-state index < -0.39 is 7.05 Å². The first-order valence-corrected chi connectivity index (χ1v) is 2.11. The van der Waals surface area contributed by atoms with Crippen LogP contribution in [-0.4, -0.2) is 17.9 Å². The fraction of sp³-hybridized carbons (Fsp3) is 0.667. The Morgan fingerprint density at radius 3 is 2.29 bits per heavy atom. The zero-order valence-electron chi connectivity index (χ0n) is 4.55. The van der Waals surface area contributed by atoms with Gasteiger partial charge in [0.2, 0.25) is 0 Å². The Kier molecular flexibility index (Phi) is 2.44. The molecule has 3 nitrogen and oxygen atoms in total. The highest BCUT2D eigenvalue weighted by Crippen LogP contribution is 1.73. The van der Waals surface area contributed by atoms with E-state index in [0.717, 1.165) is 0 Å². The van der Waals surface area contributed by atoms with Crippen molar-refractivity contribution in [3.63, 3.8) is 0 Å². The summed E-state index contributed by atoms with van der Waals surface area (Å²) in [6.07, 6.45) is 0. The van der Waals surface area contributed by atoms with Crippen LogP contribution in [0.25, 0.3) is 0 Å². The molecule has 4 heteroatoms. The summed E-state index contributed by atoms with van der Waals surface area (Å²) < 4.78 is 0. The second-order valence-corrected chi connectivity index (χ2v) is 1.40. The predicted molar refractivity (Wildman–Crippen MR) is 31.1 cm³/mol. The van der Waals surface area contributed by atoms with Crippen LogP contribution in [-0.2, 0) is 0 Å². The van der Waals surface area contributed by atoms with Gasteiger partial charge in [0, 0.05) is 0 Å². The molecular weight excluding hydrogens is 90.9 g/mol. The Bertz CT molecular complexity index is 77.0. The highest BCUT2D eigenvalue weighted by molar-refractivity contribution is 6.48. The van der Waals surface area contributed by atoms with Crippen LogP contribution >= 0.6 is 0 Å². The SMILES string of the molecule is CB(O)/N=C(/C)N. The fourth-order valence-corrected chi connectivity index (χ4v) is 0.295. The molecule has 40 valence electrons. The Morgan fingerprint density at radius 1 is 1.86 bits per heavy atom. The van der Waals surface area contributed by atoms with Crippen molar-refractivity contribution in [1.29, 1.82) is 0 Å². The quantitative estimate of drug-likeness (QED) is 0.264. The Labute approximate surface area is 43.4 Å². The largest absolute Gasteiger partial charge is 0.431 e. The van der Waals surface area contributed by atoms with E-state index in [2.05, 4.69) is 4.90 Å². The van der Waals surface area contributed by atoms with Gasteiger partial charge in [0.25, 0.3) is 0 Å². The summed E-state index contributed by atoms with van der Waals surface area (Å²) in [5.74, 6) is 0.412. The third kappa shape index (κ3) is 5.49. The molecule has 0 bridgehead atoms. The maximum Gasteiger partial charge on any atom is 0.429 e. The van der Waals surface area contributed by atoms with Crippen molar-refractivity contribution < 1.29 is 5.02 Å². The summed E-state index contributed by atoms with van der Waals surface area (Å²) in [6, 6.07) is 0. The van der Waals surface area contributed by atoms with Crippen LogP contribution in [0.2, 0.25) is 6.82 Å². The van der Waals surface area contributed by atoms with Crippen LogP contribution in [0.4, 0.5) is 0 Å². The maximum atomic E-state index is 8.46. The van der Waals surface area contributed by atoms with Crippen LogP contribution < -0.4 is 5.73 Å². The van der Waals surface area contributed by atoms with Gasteiger partial charge in [-0.25, -0.2) is 0 Å². The van der Waals surface area contributed by atoms with Gasteiger partial charge in [-0.3, -0.25) is 4.90 Å². The molecule has 0 heterocycles. The molecule has 0 unspecified atom stereocenters. The second-order valence-electron chi connectivity index (χ2n) is 1.40. The van der Waals surface area contributed by atoms with Crippen LogP contribution in [0.15, 0.2) is 4.90 Å². The average Bonchev–Trinajstić information content (AvgIpc) is 1.27. The summed E-state index contributed by atoms with van der Waals surface area (Å²) in [5, 5.41) is 8.46. The summed E-state index contributed by atoms with van der Waals surface area (Å²) in [6.45, 7) is 3.18. The van der Waals surface area contributed by atoms with Crippen molar-refractivity contribution in [1.82, 2.24) is 0 Å². The molecule has 0 atom stereocenters. The molecule has 0 aromatic carbocycles. The van der Waals surface area contributed by atoms with E-state index in [1.165, 1.54) is 0 Å². The Hall–Kier alpha value is -0.505. The van der Waals surface area contributed by atoms with Crippen molar-refractivity contribution in [2.24, 2.45) is 10.6 Å². The van der Waals surface area contributed by atoms with Crippen molar-refractivity contribution in [3.8, 4) is 0 Å². The summed E-state index contributed by atoms with van der Waals surface area (Å²) in [7, 11) is -0.662. The van der Waals surface area contributed by atoms with E-state index in [1.807, 2.05) is 0 Å². The van der Waals surface area contributed by atoms with Gasteiger partial charge in [-0.15, -0.1) is 0 Å².